The summed E-state index contributed by atoms with van der Waals surface area (Å²) in [6.07, 6.45) is -9.84. The second-order valence-corrected chi connectivity index (χ2v) is 14.3. The van der Waals surface area contributed by atoms with Crippen molar-refractivity contribution < 1.29 is 72.3 Å². The number of alkyl halides is 4. The van der Waals surface area contributed by atoms with Crippen LogP contribution in [0.5, 0.6) is 5.75 Å². The Labute approximate surface area is 271 Å². The minimum absolute atomic E-state index is 0.0434. The molecule has 4 bridgehead atoms. The first-order chi connectivity index (χ1) is 22.0. The minimum Gasteiger partial charge on any atom is -0.476 e. The summed E-state index contributed by atoms with van der Waals surface area (Å²) in [5.41, 5.74) is -1.28. The molecule has 2 aliphatic heterocycles. The van der Waals surface area contributed by atoms with Gasteiger partial charge in [-0.05, 0) is 62.0 Å². The summed E-state index contributed by atoms with van der Waals surface area (Å²) in [6, 6.07) is 3.93. The van der Waals surface area contributed by atoms with Gasteiger partial charge in [-0.15, -0.1) is 11.6 Å². The molecule has 4 aliphatic carbocycles. The maximum absolute atomic E-state index is 13.6. The number of benzene rings is 1. The molecule has 0 radical (unpaired) electrons. The number of rotatable bonds is 10. The van der Waals surface area contributed by atoms with Gasteiger partial charge in [0.25, 0.3) is 5.79 Å². The van der Waals surface area contributed by atoms with Crippen molar-refractivity contribution in [1.29, 1.82) is 0 Å². The molecule has 262 valence electrons. The highest BCUT2D eigenvalue weighted by molar-refractivity contribution is 6.24. The van der Waals surface area contributed by atoms with Crippen LogP contribution in [0, 0.1) is 17.8 Å². The average Bonchev–Trinajstić information content (AvgIpc) is 2.96. The summed E-state index contributed by atoms with van der Waals surface area (Å²) < 4.78 is 58.1. The zero-order valence-electron chi connectivity index (χ0n) is 25.2. The van der Waals surface area contributed by atoms with E-state index in [1.54, 1.807) is 0 Å². The lowest BCUT2D eigenvalue weighted by atomic mass is 9.46. The van der Waals surface area contributed by atoms with Gasteiger partial charge in [-0.3, -0.25) is 4.79 Å². The Morgan fingerprint density at radius 3 is 2.34 bits per heavy atom. The van der Waals surface area contributed by atoms with E-state index in [0.29, 0.717) is 25.7 Å². The molecule has 0 aromatic heterocycles. The maximum Gasteiger partial charge on any atom is 0.411 e. The second-order valence-electron chi connectivity index (χ2n) is 13.5. The summed E-state index contributed by atoms with van der Waals surface area (Å²) in [5, 5.41) is 53.8. The number of amides is 1. The van der Waals surface area contributed by atoms with E-state index in [1.165, 1.54) is 24.3 Å². The molecule has 17 heteroatoms. The smallest absolute Gasteiger partial charge is 0.411 e. The highest BCUT2D eigenvalue weighted by atomic mass is 35.5. The number of carbonyl (C=O) groups is 2. The number of carbonyl (C=O) groups excluding carboxylic acids is 1. The number of aliphatic hydroxyl groups excluding tert-OH is 4. The minimum atomic E-state index is -4.74. The molecule has 7 rings (SSSR count). The van der Waals surface area contributed by atoms with Crippen molar-refractivity contribution in [3.8, 4) is 5.75 Å². The molecule has 1 amide bonds. The molecule has 2 heterocycles. The molecule has 4 saturated carbocycles. The largest absolute Gasteiger partial charge is 0.476 e. The SMILES string of the molecule is CC(=O)N[C@@H]1[C@@H](O)C[C@@](Oc2cccc(C3(OCC(F)(F)F)OOC34C3CC5CC4CC(Cl)(C5)C3)c2)(C(=O)O)O[C@H]1C(O)C(O)CO. The number of carboxylic acids is 1. The van der Waals surface area contributed by atoms with Gasteiger partial charge in [0.1, 0.15) is 30.7 Å². The molecule has 47 heavy (non-hydrogen) atoms. The molecule has 6 fully saturated rings. The van der Waals surface area contributed by atoms with Crippen LogP contribution in [-0.4, -0.2) is 104 Å². The highest BCUT2D eigenvalue weighted by Crippen LogP contribution is 2.71. The fourth-order valence-corrected chi connectivity index (χ4v) is 9.21. The predicted molar refractivity (Wildman–Crippen MR) is 150 cm³/mol. The van der Waals surface area contributed by atoms with Gasteiger partial charge in [-0.2, -0.15) is 18.1 Å². The van der Waals surface area contributed by atoms with Crippen molar-refractivity contribution in [2.45, 2.75) is 104 Å². The number of hydrogen-bond donors (Lipinski definition) is 6. The molecular formula is C30H37ClF3NO12. The van der Waals surface area contributed by atoms with Crippen LogP contribution in [0.25, 0.3) is 0 Å². The van der Waals surface area contributed by atoms with Crippen LogP contribution in [0.4, 0.5) is 13.2 Å². The van der Waals surface area contributed by atoms with Crippen LogP contribution in [0.3, 0.4) is 0 Å². The first-order valence-electron chi connectivity index (χ1n) is 15.4. The lowest BCUT2D eigenvalue weighted by Gasteiger charge is -2.70. The van der Waals surface area contributed by atoms with Crippen molar-refractivity contribution in [3.63, 3.8) is 0 Å². The molecule has 1 spiro atoms. The molecule has 13 nitrogen and oxygen atoms in total. The van der Waals surface area contributed by atoms with Crippen molar-refractivity contribution in [3.05, 3.63) is 29.8 Å². The monoisotopic (exact) mass is 695 g/mol. The fraction of sp³-hybridized carbons (Fsp3) is 0.733. The summed E-state index contributed by atoms with van der Waals surface area (Å²) in [4.78, 5) is 35.4. The third kappa shape index (κ3) is 5.78. The summed E-state index contributed by atoms with van der Waals surface area (Å²) in [6.45, 7) is -1.54. The number of carboxylic acid groups (broad SMARTS) is 1. The van der Waals surface area contributed by atoms with Gasteiger partial charge in [0.2, 0.25) is 5.91 Å². The molecule has 1 aromatic carbocycles. The molecule has 2 saturated heterocycles. The summed E-state index contributed by atoms with van der Waals surface area (Å²) >= 11 is 6.92. The van der Waals surface area contributed by atoms with E-state index < -0.39 is 90.2 Å². The second kappa shape index (κ2) is 11.9. The summed E-state index contributed by atoms with van der Waals surface area (Å²) in [7, 11) is 0. The van der Waals surface area contributed by atoms with Crippen molar-refractivity contribution in [2.75, 3.05) is 13.2 Å². The maximum atomic E-state index is 13.6. The third-order valence-electron chi connectivity index (χ3n) is 10.3. The van der Waals surface area contributed by atoms with Gasteiger partial charge in [-0.25, -0.2) is 9.68 Å². The lowest BCUT2D eigenvalue weighted by Crippen LogP contribution is -2.78. The Bertz CT molecular complexity index is 1370. The molecule has 6 N–H and O–H groups in total. The van der Waals surface area contributed by atoms with Crippen molar-refractivity contribution >= 4 is 23.5 Å². The van der Waals surface area contributed by atoms with Crippen molar-refractivity contribution in [2.24, 2.45) is 17.8 Å². The van der Waals surface area contributed by atoms with E-state index in [1.807, 2.05) is 0 Å². The topological polar surface area (TPSA) is 193 Å². The zero-order chi connectivity index (χ0) is 34.2. The number of ether oxygens (including phenoxy) is 3. The van der Waals surface area contributed by atoms with E-state index in [9.17, 15) is 48.3 Å². The first kappa shape index (κ1) is 34.6. The average molecular weight is 696 g/mol. The Kier molecular flexibility index (Phi) is 8.79. The van der Waals surface area contributed by atoms with Crippen LogP contribution in [0.1, 0.15) is 51.0 Å². The number of aliphatic carboxylic acids is 1. The Balaban J connectivity index is 1.36. The van der Waals surface area contributed by atoms with E-state index in [-0.39, 0.29) is 29.1 Å². The van der Waals surface area contributed by atoms with Gasteiger partial charge < -0.3 is 45.1 Å². The predicted octanol–water partition coefficient (Wildman–Crippen LogP) is 1.46. The molecule has 1 aromatic rings. The van der Waals surface area contributed by atoms with Crippen LogP contribution < -0.4 is 10.1 Å². The van der Waals surface area contributed by atoms with Gasteiger partial charge in [0.15, 0.2) is 5.60 Å². The van der Waals surface area contributed by atoms with E-state index in [2.05, 4.69) is 5.32 Å². The van der Waals surface area contributed by atoms with Gasteiger partial charge >= 0.3 is 17.9 Å². The highest BCUT2D eigenvalue weighted by Gasteiger charge is 2.79. The Morgan fingerprint density at radius 2 is 1.81 bits per heavy atom. The quantitative estimate of drug-likeness (QED) is 0.153. The van der Waals surface area contributed by atoms with Crippen LogP contribution >= 0.6 is 11.6 Å². The first-order valence-corrected chi connectivity index (χ1v) is 15.7. The van der Waals surface area contributed by atoms with Gasteiger partial charge in [-0.1, -0.05) is 12.1 Å². The van der Waals surface area contributed by atoms with Crippen LogP contribution in [0.15, 0.2) is 24.3 Å². The number of nitrogens with one attached hydrogen (secondary N) is 1. The van der Waals surface area contributed by atoms with E-state index >= 15 is 0 Å². The third-order valence-corrected chi connectivity index (χ3v) is 10.7. The van der Waals surface area contributed by atoms with E-state index in [0.717, 1.165) is 13.3 Å². The molecule has 9 atom stereocenters. The van der Waals surface area contributed by atoms with Crippen LogP contribution in [-0.2, 0) is 34.6 Å². The number of hydrogen-bond acceptors (Lipinski definition) is 11. The number of halogens is 4. The number of aliphatic hydroxyl groups is 4. The zero-order valence-corrected chi connectivity index (χ0v) is 25.9. The molecular weight excluding hydrogens is 659 g/mol. The molecule has 6 aliphatic rings. The Hall–Kier alpha value is -2.28. The molecule has 5 unspecified atom stereocenters. The normalized spacial score (nSPS) is 42.1. The lowest BCUT2D eigenvalue weighted by molar-refractivity contribution is -0.650. The van der Waals surface area contributed by atoms with E-state index in [4.69, 9.17) is 35.6 Å². The Morgan fingerprint density at radius 1 is 1.13 bits per heavy atom. The van der Waals surface area contributed by atoms with Crippen molar-refractivity contribution in [1.82, 2.24) is 5.32 Å². The standard InChI is InChI=1S/C30H37ClF3NO12/c1-14(37)35-22-20(38)11-27(25(41)42,45-24(22)23(40)21(39)12-36)44-19-4-2-3-16(7-19)30(43-13-28(32,33)34)29(46-47-30)17-5-15-6-18(29)10-26(31,8-15)9-17/h2-4,7,15,17-18,20-24,36,38-40H,5-6,8-13H2,1H3,(H,35,37)(H,41,42)/t15?,17?,18?,20-,21?,22+,23?,24+,26?,27-,29?,30?/m0/s1. The van der Waals surface area contributed by atoms with Gasteiger partial charge in [0, 0.05) is 17.4 Å². The van der Waals surface area contributed by atoms with Crippen LogP contribution in [0.2, 0.25) is 0 Å². The van der Waals surface area contributed by atoms with Gasteiger partial charge in [0.05, 0.1) is 25.2 Å². The fourth-order valence-electron chi connectivity index (χ4n) is 8.62. The summed E-state index contributed by atoms with van der Waals surface area (Å²) in [5.74, 6) is -7.82.